The number of carbonyl (C=O) groups is 3. The van der Waals surface area contributed by atoms with Crippen molar-refractivity contribution in [3.63, 3.8) is 0 Å². The zero-order valence-electron chi connectivity index (χ0n) is 18.7. The molecule has 5 rings (SSSR count). The SMILES string of the molecule is COc1ccc2c(c1OC)C(=O)N1c3ccccc3C(=O)N(CC(=O)NCCc3cnc[nH]3)[C@H]21. The fourth-order valence-corrected chi connectivity index (χ4v) is 4.55. The molecule has 1 atom stereocenters. The van der Waals surface area contributed by atoms with Gasteiger partial charge in [-0.15, -0.1) is 0 Å². The van der Waals surface area contributed by atoms with E-state index in [1.807, 2.05) is 0 Å². The van der Waals surface area contributed by atoms with Crippen molar-refractivity contribution in [2.24, 2.45) is 0 Å². The Morgan fingerprint density at radius 3 is 2.68 bits per heavy atom. The average Bonchev–Trinajstić information content (AvgIpc) is 3.47. The van der Waals surface area contributed by atoms with Crippen LogP contribution >= 0.6 is 0 Å². The first-order valence-corrected chi connectivity index (χ1v) is 10.8. The molecule has 10 nitrogen and oxygen atoms in total. The number of methoxy groups -OCH3 is 2. The lowest BCUT2D eigenvalue weighted by atomic mass is 10.0. The zero-order valence-corrected chi connectivity index (χ0v) is 18.7. The maximum Gasteiger partial charge on any atom is 0.264 e. The summed E-state index contributed by atoms with van der Waals surface area (Å²) in [5, 5.41) is 2.84. The number of amides is 3. The van der Waals surface area contributed by atoms with E-state index in [1.165, 1.54) is 19.1 Å². The van der Waals surface area contributed by atoms with Gasteiger partial charge in [0.25, 0.3) is 11.8 Å². The molecule has 174 valence electrons. The Hall–Kier alpha value is -4.34. The highest BCUT2D eigenvalue weighted by atomic mass is 16.5. The second kappa shape index (κ2) is 8.54. The lowest BCUT2D eigenvalue weighted by Crippen LogP contribution is -2.51. The first kappa shape index (κ1) is 21.5. The van der Waals surface area contributed by atoms with Crippen LogP contribution in [0.1, 0.15) is 38.1 Å². The number of anilines is 1. The summed E-state index contributed by atoms with van der Waals surface area (Å²) in [5.74, 6) is -0.254. The molecular weight excluding hydrogens is 438 g/mol. The maximum absolute atomic E-state index is 13.6. The number of hydrogen-bond acceptors (Lipinski definition) is 6. The number of fused-ring (bicyclic) bond motifs is 5. The fraction of sp³-hybridized carbons (Fsp3) is 0.250. The molecule has 3 heterocycles. The number of para-hydroxylation sites is 1. The predicted octanol–water partition coefficient (Wildman–Crippen LogP) is 1.90. The van der Waals surface area contributed by atoms with Gasteiger partial charge in [0.2, 0.25) is 5.91 Å². The van der Waals surface area contributed by atoms with Gasteiger partial charge in [-0.2, -0.15) is 0 Å². The number of nitrogens with one attached hydrogen (secondary N) is 2. The van der Waals surface area contributed by atoms with Gasteiger partial charge in [0, 0.05) is 30.4 Å². The van der Waals surface area contributed by atoms with E-state index in [-0.39, 0.29) is 24.3 Å². The number of aromatic nitrogens is 2. The molecule has 10 heteroatoms. The molecule has 2 aliphatic heterocycles. The molecule has 0 radical (unpaired) electrons. The van der Waals surface area contributed by atoms with Gasteiger partial charge in [0.05, 0.1) is 37.4 Å². The predicted molar refractivity (Wildman–Crippen MR) is 122 cm³/mol. The third-order valence-corrected chi connectivity index (χ3v) is 6.07. The Morgan fingerprint density at radius 1 is 1.12 bits per heavy atom. The van der Waals surface area contributed by atoms with Gasteiger partial charge in [0.1, 0.15) is 12.7 Å². The summed E-state index contributed by atoms with van der Waals surface area (Å²) in [7, 11) is 2.96. The van der Waals surface area contributed by atoms with Crippen molar-refractivity contribution >= 4 is 23.4 Å². The molecule has 0 unspecified atom stereocenters. The van der Waals surface area contributed by atoms with E-state index in [9.17, 15) is 14.4 Å². The normalized spacial score (nSPS) is 16.1. The summed E-state index contributed by atoms with van der Waals surface area (Å²) < 4.78 is 10.9. The monoisotopic (exact) mass is 461 g/mol. The summed E-state index contributed by atoms with van der Waals surface area (Å²) in [6, 6.07) is 10.3. The average molecular weight is 461 g/mol. The van der Waals surface area contributed by atoms with Crippen LogP contribution in [0.15, 0.2) is 48.9 Å². The number of carbonyl (C=O) groups excluding carboxylic acids is 3. The second-order valence-corrected chi connectivity index (χ2v) is 7.94. The van der Waals surface area contributed by atoms with Crippen LogP contribution in [-0.4, -0.2) is 59.9 Å². The summed E-state index contributed by atoms with van der Waals surface area (Å²) in [6.07, 6.45) is 3.07. The Bertz CT molecular complexity index is 1270. The summed E-state index contributed by atoms with van der Waals surface area (Å²) >= 11 is 0. The highest BCUT2D eigenvalue weighted by Crippen LogP contribution is 2.49. The van der Waals surface area contributed by atoms with Crippen molar-refractivity contribution in [3.05, 3.63) is 71.3 Å². The van der Waals surface area contributed by atoms with Gasteiger partial charge in [-0.3, -0.25) is 19.3 Å². The van der Waals surface area contributed by atoms with E-state index in [0.29, 0.717) is 46.8 Å². The number of aromatic amines is 1. The minimum Gasteiger partial charge on any atom is -0.493 e. The standard InChI is InChI=1S/C24H23N5O5/c1-33-18-8-7-16-20(21(18)34-2)24(32)29-17-6-4-3-5-15(17)23(31)28(22(16)29)12-19(30)26-10-9-14-11-25-13-27-14/h3-8,11,13,22H,9-10,12H2,1-2H3,(H,25,27)(H,26,30)/t22-/m0/s1. The lowest BCUT2D eigenvalue weighted by molar-refractivity contribution is -0.122. The third kappa shape index (κ3) is 3.35. The van der Waals surface area contributed by atoms with E-state index in [4.69, 9.17) is 9.47 Å². The molecule has 0 saturated carbocycles. The van der Waals surface area contributed by atoms with E-state index < -0.39 is 6.17 Å². The van der Waals surface area contributed by atoms with E-state index >= 15 is 0 Å². The molecule has 3 amide bonds. The molecule has 3 aromatic rings. The molecule has 0 saturated heterocycles. The quantitative estimate of drug-likeness (QED) is 0.555. The molecule has 34 heavy (non-hydrogen) atoms. The number of imidazole rings is 1. The van der Waals surface area contributed by atoms with Crippen molar-refractivity contribution in [2.45, 2.75) is 12.6 Å². The minimum absolute atomic E-state index is 0.210. The third-order valence-electron chi connectivity index (χ3n) is 6.07. The van der Waals surface area contributed by atoms with Crippen molar-refractivity contribution in [1.82, 2.24) is 20.2 Å². The van der Waals surface area contributed by atoms with Crippen LogP contribution in [0.3, 0.4) is 0 Å². The van der Waals surface area contributed by atoms with Crippen LogP contribution in [-0.2, 0) is 11.2 Å². The second-order valence-electron chi connectivity index (χ2n) is 7.94. The van der Waals surface area contributed by atoms with Gasteiger partial charge in [0.15, 0.2) is 11.5 Å². The number of nitrogens with zero attached hydrogens (tertiary/aromatic N) is 3. The van der Waals surface area contributed by atoms with Gasteiger partial charge < -0.3 is 24.7 Å². The van der Waals surface area contributed by atoms with Crippen molar-refractivity contribution in [1.29, 1.82) is 0 Å². The van der Waals surface area contributed by atoms with Crippen LogP contribution in [0, 0.1) is 0 Å². The molecule has 2 aromatic carbocycles. The first-order valence-electron chi connectivity index (χ1n) is 10.8. The van der Waals surface area contributed by atoms with Crippen LogP contribution in [0.25, 0.3) is 0 Å². The smallest absolute Gasteiger partial charge is 0.264 e. The summed E-state index contributed by atoms with van der Waals surface area (Å²) in [4.78, 5) is 49.8. The number of H-pyrrole nitrogens is 1. The summed E-state index contributed by atoms with van der Waals surface area (Å²) in [6.45, 7) is 0.174. The van der Waals surface area contributed by atoms with Crippen molar-refractivity contribution in [3.8, 4) is 11.5 Å². The van der Waals surface area contributed by atoms with Crippen LogP contribution in [0.5, 0.6) is 11.5 Å². The Kier molecular flexibility index (Phi) is 5.40. The summed E-state index contributed by atoms with van der Waals surface area (Å²) in [5.41, 5.74) is 2.65. The largest absolute Gasteiger partial charge is 0.493 e. The lowest BCUT2D eigenvalue weighted by Gasteiger charge is -2.40. The van der Waals surface area contributed by atoms with Gasteiger partial charge in [-0.05, 0) is 18.2 Å². The molecule has 2 aliphatic rings. The minimum atomic E-state index is -0.775. The van der Waals surface area contributed by atoms with E-state index in [0.717, 1.165) is 5.69 Å². The van der Waals surface area contributed by atoms with Gasteiger partial charge >= 0.3 is 0 Å². The van der Waals surface area contributed by atoms with Crippen molar-refractivity contribution in [2.75, 3.05) is 32.2 Å². The number of benzene rings is 2. The molecule has 0 spiro atoms. The van der Waals surface area contributed by atoms with Crippen LogP contribution < -0.4 is 19.7 Å². The topological polar surface area (TPSA) is 117 Å². The number of ether oxygens (including phenoxy) is 2. The molecule has 0 fully saturated rings. The highest BCUT2D eigenvalue weighted by Gasteiger charge is 2.50. The molecule has 0 bridgehead atoms. The van der Waals surface area contributed by atoms with Gasteiger partial charge in [-0.25, -0.2) is 4.98 Å². The van der Waals surface area contributed by atoms with Gasteiger partial charge in [-0.1, -0.05) is 18.2 Å². The molecular formula is C24H23N5O5. The van der Waals surface area contributed by atoms with E-state index in [1.54, 1.807) is 53.8 Å². The Labute approximate surface area is 195 Å². The zero-order chi connectivity index (χ0) is 23.8. The first-order chi connectivity index (χ1) is 16.5. The van der Waals surface area contributed by atoms with E-state index in [2.05, 4.69) is 15.3 Å². The Morgan fingerprint density at radius 2 is 1.94 bits per heavy atom. The highest BCUT2D eigenvalue weighted by molar-refractivity contribution is 6.18. The number of hydrogen-bond donors (Lipinski definition) is 2. The molecule has 1 aromatic heterocycles. The van der Waals surface area contributed by atoms with Crippen LogP contribution in [0.2, 0.25) is 0 Å². The molecule has 2 N–H and O–H groups in total. The Balaban J connectivity index is 1.50. The number of rotatable bonds is 7. The maximum atomic E-state index is 13.6. The molecule has 0 aliphatic carbocycles. The van der Waals surface area contributed by atoms with Crippen molar-refractivity contribution < 1.29 is 23.9 Å². The van der Waals surface area contributed by atoms with Crippen LogP contribution in [0.4, 0.5) is 5.69 Å². The fourth-order valence-electron chi connectivity index (χ4n) is 4.55.